The van der Waals surface area contributed by atoms with Crippen LogP contribution in [0.25, 0.3) is 10.2 Å². The summed E-state index contributed by atoms with van der Waals surface area (Å²) >= 11 is 3.11. The van der Waals surface area contributed by atoms with Crippen LogP contribution in [-0.2, 0) is 19.9 Å². The molecule has 3 aromatic rings. The molecule has 0 bridgehead atoms. The van der Waals surface area contributed by atoms with E-state index in [1.165, 1.54) is 34.7 Å². The van der Waals surface area contributed by atoms with E-state index in [-0.39, 0.29) is 17.1 Å². The van der Waals surface area contributed by atoms with Crippen molar-refractivity contribution in [3.63, 3.8) is 0 Å². The molecule has 7 heteroatoms. The zero-order valence-corrected chi connectivity index (χ0v) is 16.1. The number of nitrogens with zero attached hydrogens (tertiary/aromatic N) is 2. The fourth-order valence-electron chi connectivity index (χ4n) is 3.24. The van der Waals surface area contributed by atoms with Crippen LogP contribution >= 0.6 is 23.1 Å². The largest absolute Gasteiger partial charge is 0.490 e. The average Bonchev–Trinajstić information content (AvgIpc) is 3.02. The molecule has 26 heavy (non-hydrogen) atoms. The van der Waals surface area contributed by atoms with E-state index in [2.05, 4.69) is 0 Å². The van der Waals surface area contributed by atoms with Crippen LogP contribution in [0.1, 0.15) is 23.3 Å². The van der Waals surface area contributed by atoms with Crippen molar-refractivity contribution in [1.82, 2.24) is 9.55 Å². The Labute approximate surface area is 159 Å². The number of para-hydroxylation sites is 1. The first-order chi connectivity index (χ1) is 12.6. The Hall–Kier alpha value is -1.86. The minimum absolute atomic E-state index is 0.0342. The van der Waals surface area contributed by atoms with Crippen molar-refractivity contribution in [3.8, 4) is 5.75 Å². The topological polar surface area (TPSA) is 44.1 Å². The van der Waals surface area contributed by atoms with Gasteiger partial charge in [0, 0.05) is 17.7 Å². The van der Waals surface area contributed by atoms with Gasteiger partial charge in [0.1, 0.15) is 4.83 Å². The van der Waals surface area contributed by atoms with Crippen molar-refractivity contribution in [2.45, 2.75) is 30.8 Å². The van der Waals surface area contributed by atoms with Gasteiger partial charge in [0.2, 0.25) is 0 Å². The molecule has 0 saturated carbocycles. The predicted octanol–water partition coefficient (Wildman–Crippen LogP) is 4.18. The molecule has 0 fully saturated rings. The summed E-state index contributed by atoms with van der Waals surface area (Å²) < 4.78 is 20.7. The van der Waals surface area contributed by atoms with Crippen LogP contribution < -0.4 is 10.3 Å². The lowest BCUT2D eigenvalue weighted by molar-refractivity contribution is 0.325. The summed E-state index contributed by atoms with van der Waals surface area (Å²) in [6.45, 7) is 0.348. The lowest BCUT2D eigenvalue weighted by Gasteiger charge is -2.11. The van der Waals surface area contributed by atoms with E-state index in [9.17, 15) is 9.18 Å². The third-order valence-electron chi connectivity index (χ3n) is 4.56. The summed E-state index contributed by atoms with van der Waals surface area (Å²) in [5.74, 6) is 0.468. The summed E-state index contributed by atoms with van der Waals surface area (Å²) in [5.41, 5.74) is 1.25. The van der Waals surface area contributed by atoms with Gasteiger partial charge in [-0.2, -0.15) is 0 Å². The highest BCUT2D eigenvalue weighted by Crippen LogP contribution is 2.34. The Morgan fingerprint density at radius 3 is 2.96 bits per heavy atom. The molecule has 136 valence electrons. The van der Waals surface area contributed by atoms with Crippen LogP contribution in [0.4, 0.5) is 4.39 Å². The molecule has 0 unspecified atom stereocenters. The molecule has 0 spiro atoms. The van der Waals surface area contributed by atoms with Gasteiger partial charge in [-0.05, 0) is 43.4 Å². The molecule has 2 heterocycles. The minimum Gasteiger partial charge on any atom is -0.490 e. The smallest absolute Gasteiger partial charge is 0.262 e. The van der Waals surface area contributed by atoms with Gasteiger partial charge in [-0.15, -0.1) is 11.3 Å². The number of aromatic nitrogens is 2. The normalized spacial score (nSPS) is 13.8. The molecule has 0 aliphatic heterocycles. The standard InChI is InChI=1S/C19H19FN2O2S2/c1-22-18(23)16-12-6-2-5-9-15(12)26-17(16)21-19(22)25-11-10-24-14-8-4-3-7-13(14)20/h3-4,7-8H,2,5-6,9-11H2,1H3. The van der Waals surface area contributed by atoms with E-state index in [1.807, 2.05) is 0 Å². The van der Waals surface area contributed by atoms with Crippen LogP contribution in [0.15, 0.2) is 34.2 Å². The molecule has 2 aromatic heterocycles. The fraction of sp³-hybridized carbons (Fsp3) is 0.368. The second-order valence-corrected chi connectivity index (χ2v) is 8.42. The molecule has 0 saturated heterocycles. The number of thiophene rings is 1. The third kappa shape index (κ3) is 3.25. The zero-order valence-electron chi connectivity index (χ0n) is 14.5. The summed E-state index contributed by atoms with van der Waals surface area (Å²) in [6.07, 6.45) is 4.37. The van der Waals surface area contributed by atoms with Crippen LogP contribution in [0, 0.1) is 5.82 Å². The van der Waals surface area contributed by atoms with Crippen LogP contribution in [-0.4, -0.2) is 21.9 Å². The third-order valence-corrected chi connectivity index (χ3v) is 6.74. The first-order valence-corrected chi connectivity index (χ1v) is 10.5. The van der Waals surface area contributed by atoms with Crippen molar-refractivity contribution < 1.29 is 9.13 Å². The Morgan fingerprint density at radius 2 is 2.12 bits per heavy atom. The van der Waals surface area contributed by atoms with Crippen LogP contribution in [0.5, 0.6) is 5.75 Å². The van der Waals surface area contributed by atoms with Gasteiger partial charge in [0.15, 0.2) is 16.7 Å². The molecule has 1 aliphatic carbocycles. The average molecular weight is 391 g/mol. The molecular weight excluding hydrogens is 371 g/mol. The van der Waals surface area contributed by atoms with E-state index in [1.54, 1.807) is 41.2 Å². The van der Waals surface area contributed by atoms with Gasteiger partial charge in [0.05, 0.1) is 12.0 Å². The number of aryl methyl sites for hydroxylation is 2. The maximum absolute atomic E-state index is 13.6. The Balaban J connectivity index is 1.51. The molecule has 4 rings (SSSR count). The van der Waals surface area contributed by atoms with Gasteiger partial charge in [0.25, 0.3) is 5.56 Å². The number of thioether (sulfide) groups is 1. The number of hydrogen-bond donors (Lipinski definition) is 0. The highest BCUT2D eigenvalue weighted by molar-refractivity contribution is 7.99. The van der Waals surface area contributed by atoms with Gasteiger partial charge in [-0.3, -0.25) is 9.36 Å². The second-order valence-electron chi connectivity index (χ2n) is 6.28. The zero-order chi connectivity index (χ0) is 18.1. The van der Waals surface area contributed by atoms with Crippen molar-refractivity contribution in [1.29, 1.82) is 0 Å². The predicted molar refractivity (Wildman–Crippen MR) is 104 cm³/mol. The molecule has 0 atom stereocenters. The molecule has 0 N–H and O–H groups in total. The summed E-state index contributed by atoms with van der Waals surface area (Å²) in [5, 5.41) is 1.48. The van der Waals surface area contributed by atoms with Crippen LogP contribution in [0.2, 0.25) is 0 Å². The lowest BCUT2D eigenvalue weighted by Crippen LogP contribution is -2.21. The second kappa shape index (κ2) is 7.40. The van der Waals surface area contributed by atoms with E-state index >= 15 is 0 Å². The summed E-state index contributed by atoms with van der Waals surface area (Å²) in [7, 11) is 1.77. The number of rotatable bonds is 5. The summed E-state index contributed by atoms with van der Waals surface area (Å²) in [6, 6.07) is 6.35. The van der Waals surface area contributed by atoms with Gasteiger partial charge < -0.3 is 4.74 Å². The SMILES string of the molecule is Cn1c(SCCOc2ccccc2F)nc2sc3c(c2c1=O)CCCC3. The van der Waals surface area contributed by atoms with Crippen LogP contribution in [0.3, 0.4) is 0 Å². The summed E-state index contributed by atoms with van der Waals surface area (Å²) in [4.78, 5) is 19.7. The molecule has 1 aromatic carbocycles. The van der Waals surface area contributed by atoms with Crippen molar-refractivity contribution >= 4 is 33.3 Å². The minimum atomic E-state index is -0.367. The molecule has 1 aliphatic rings. The first kappa shape index (κ1) is 17.5. The van der Waals surface area contributed by atoms with Gasteiger partial charge >= 0.3 is 0 Å². The maximum Gasteiger partial charge on any atom is 0.262 e. The highest BCUT2D eigenvalue weighted by Gasteiger charge is 2.21. The van der Waals surface area contributed by atoms with E-state index < -0.39 is 0 Å². The highest BCUT2D eigenvalue weighted by atomic mass is 32.2. The van der Waals surface area contributed by atoms with Gasteiger partial charge in [-0.25, -0.2) is 9.37 Å². The number of fused-ring (bicyclic) bond motifs is 3. The quantitative estimate of drug-likeness (QED) is 0.372. The maximum atomic E-state index is 13.6. The first-order valence-electron chi connectivity index (χ1n) is 8.66. The molecular formula is C19H19FN2O2S2. The Kier molecular flexibility index (Phi) is 5.00. The Morgan fingerprint density at radius 1 is 1.31 bits per heavy atom. The lowest BCUT2D eigenvalue weighted by atomic mass is 9.97. The van der Waals surface area contributed by atoms with E-state index in [0.29, 0.717) is 17.5 Å². The Bertz CT molecular complexity index is 1010. The van der Waals surface area contributed by atoms with E-state index in [0.717, 1.165) is 29.5 Å². The van der Waals surface area contributed by atoms with E-state index in [4.69, 9.17) is 9.72 Å². The molecule has 4 nitrogen and oxygen atoms in total. The van der Waals surface area contributed by atoms with Crippen molar-refractivity contribution in [2.75, 3.05) is 12.4 Å². The fourth-order valence-corrected chi connectivity index (χ4v) is 5.33. The number of halogens is 1. The number of ether oxygens (including phenoxy) is 1. The molecule has 0 radical (unpaired) electrons. The van der Waals surface area contributed by atoms with Gasteiger partial charge in [-0.1, -0.05) is 23.9 Å². The number of hydrogen-bond acceptors (Lipinski definition) is 5. The molecule has 0 amide bonds. The van der Waals surface area contributed by atoms with Crippen molar-refractivity contribution in [3.05, 3.63) is 50.9 Å². The number of benzene rings is 1. The monoisotopic (exact) mass is 390 g/mol. The van der Waals surface area contributed by atoms with Crippen molar-refractivity contribution in [2.24, 2.45) is 7.05 Å².